The molecule has 0 aliphatic rings. The van der Waals surface area contributed by atoms with E-state index in [4.69, 9.17) is 23.2 Å². The third-order valence-electron chi connectivity index (χ3n) is 1.32. The first-order chi connectivity index (χ1) is 5.22. The molecule has 0 aliphatic heterocycles. The molecule has 0 bridgehead atoms. The summed E-state index contributed by atoms with van der Waals surface area (Å²) in [6, 6.07) is 5.54. The summed E-state index contributed by atoms with van der Waals surface area (Å²) in [5.41, 5.74) is 1.14. The second-order valence-electron chi connectivity index (χ2n) is 2.25. The van der Waals surface area contributed by atoms with Crippen molar-refractivity contribution in [2.24, 2.45) is 0 Å². The lowest BCUT2D eigenvalue weighted by Gasteiger charge is -1.99. The Morgan fingerprint density at radius 2 is 1.64 bits per heavy atom. The highest BCUT2D eigenvalue weighted by Crippen LogP contribution is 2.19. The van der Waals surface area contributed by atoms with Crippen LogP contribution in [0.3, 0.4) is 0 Å². The number of benzene rings is 1. The third kappa shape index (κ3) is 2.94. The maximum atomic E-state index is 5.78. The van der Waals surface area contributed by atoms with Crippen molar-refractivity contribution in [3.63, 3.8) is 0 Å². The highest BCUT2D eigenvalue weighted by atomic mass is 35.5. The van der Waals surface area contributed by atoms with Crippen molar-refractivity contribution in [1.29, 1.82) is 0 Å². The average Bonchev–Trinajstić information content (AvgIpc) is 1.85. The Morgan fingerprint density at radius 1 is 1.09 bits per heavy atom. The van der Waals surface area contributed by atoms with Gasteiger partial charge in [-0.2, -0.15) is 12.6 Å². The quantitative estimate of drug-likeness (QED) is 0.705. The predicted octanol–water partition coefficient (Wildman–Crippen LogP) is 3.47. The maximum Gasteiger partial charge on any atom is 0.0423 e. The van der Waals surface area contributed by atoms with Crippen LogP contribution in [0.2, 0.25) is 10.0 Å². The van der Waals surface area contributed by atoms with E-state index in [2.05, 4.69) is 12.6 Å². The summed E-state index contributed by atoms with van der Waals surface area (Å²) < 4.78 is 0. The van der Waals surface area contributed by atoms with Crippen molar-refractivity contribution in [3.05, 3.63) is 33.8 Å². The predicted molar refractivity (Wildman–Crippen MR) is 54.0 cm³/mol. The monoisotopic (exact) mass is 206 g/mol. The van der Waals surface area contributed by atoms with Gasteiger partial charge in [0.15, 0.2) is 0 Å². The standard InChI is InChI=1S/C8H8Cl2S/c9-7-3-6(1-2-11)4-8(10)5-7/h3-5,11H,1-2H2. The van der Waals surface area contributed by atoms with Gasteiger partial charge in [0.25, 0.3) is 0 Å². The molecule has 1 aromatic carbocycles. The van der Waals surface area contributed by atoms with Crippen LogP contribution < -0.4 is 0 Å². The number of halogens is 2. The lowest BCUT2D eigenvalue weighted by atomic mass is 10.2. The molecule has 1 rings (SSSR count). The Labute approximate surface area is 81.9 Å². The average molecular weight is 207 g/mol. The SMILES string of the molecule is SCCc1cc(Cl)cc(Cl)c1. The Morgan fingerprint density at radius 3 is 2.09 bits per heavy atom. The van der Waals surface area contributed by atoms with Gasteiger partial charge in [0.2, 0.25) is 0 Å². The normalized spacial score (nSPS) is 10.1. The molecule has 0 aliphatic carbocycles. The molecular formula is C8H8Cl2S. The minimum absolute atomic E-state index is 0.689. The van der Waals surface area contributed by atoms with E-state index < -0.39 is 0 Å². The molecule has 0 radical (unpaired) electrons. The number of hydrogen-bond acceptors (Lipinski definition) is 1. The van der Waals surface area contributed by atoms with Crippen molar-refractivity contribution in [2.45, 2.75) is 6.42 Å². The van der Waals surface area contributed by atoms with Crippen molar-refractivity contribution in [1.82, 2.24) is 0 Å². The minimum Gasteiger partial charge on any atom is -0.179 e. The van der Waals surface area contributed by atoms with E-state index in [0.29, 0.717) is 10.0 Å². The largest absolute Gasteiger partial charge is 0.179 e. The summed E-state index contributed by atoms with van der Waals surface area (Å²) in [5.74, 6) is 0.816. The Bertz CT molecular complexity index is 228. The fourth-order valence-corrected chi connectivity index (χ4v) is 1.71. The molecule has 60 valence electrons. The van der Waals surface area contributed by atoms with Crippen molar-refractivity contribution < 1.29 is 0 Å². The van der Waals surface area contributed by atoms with Gasteiger partial charge in [-0.3, -0.25) is 0 Å². The lowest BCUT2D eigenvalue weighted by Crippen LogP contribution is -1.85. The van der Waals surface area contributed by atoms with Crippen molar-refractivity contribution in [2.75, 3.05) is 5.75 Å². The molecule has 0 fully saturated rings. The molecule has 0 atom stereocenters. The molecule has 1 aromatic rings. The smallest absolute Gasteiger partial charge is 0.0423 e. The summed E-state index contributed by atoms with van der Waals surface area (Å²) >= 11 is 15.7. The highest BCUT2D eigenvalue weighted by Gasteiger charge is 1.96. The van der Waals surface area contributed by atoms with E-state index in [1.165, 1.54) is 0 Å². The summed E-state index contributed by atoms with van der Waals surface area (Å²) in [7, 11) is 0. The summed E-state index contributed by atoms with van der Waals surface area (Å²) in [6.07, 6.45) is 0.906. The van der Waals surface area contributed by atoms with E-state index in [1.54, 1.807) is 6.07 Å². The summed E-state index contributed by atoms with van der Waals surface area (Å²) in [6.45, 7) is 0. The summed E-state index contributed by atoms with van der Waals surface area (Å²) in [5, 5.41) is 1.38. The lowest BCUT2D eigenvalue weighted by molar-refractivity contribution is 1.16. The summed E-state index contributed by atoms with van der Waals surface area (Å²) in [4.78, 5) is 0. The highest BCUT2D eigenvalue weighted by molar-refractivity contribution is 7.80. The molecule has 3 heteroatoms. The Balaban J connectivity index is 2.89. The van der Waals surface area contributed by atoms with E-state index in [9.17, 15) is 0 Å². The van der Waals surface area contributed by atoms with Gasteiger partial charge >= 0.3 is 0 Å². The molecule has 0 heterocycles. The topological polar surface area (TPSA) is 0 Å². The van der Waals surface area contributed by atoms with Crippen LogP contribution in [-0.4, -0.2) is 5.75 Å². The van der Waals surface area contributed by atoms with Gasteiger partial charge in [-0.25, -0.2) is 0 Å². The van der Waals surface area contributed by atoms with Gasteiger partial charge in [-0.05, 0) is 35.9 Å². The Kier molecular flexibility index (Phi) is 3.57. The molecular weight excluding hydrogens is 199 g/mol. The molecule has 0 saturated carbocycles. The zero-order chi connectivity index (χ0) is 8.27. The van der Waals surface area contributed by atoms with Crippen LogP contribution in [0.1, 0.15) is 5.56 Å². The van der Waals surface area contributed by atoms with Crippen LogP contribution in [-0.2, 0) is 6.42 Å². The molecule has 0 N–H and O–H groups in total. The molecule has 11 heavy (non-hydrogen) atoms. The first-order valence-corrected chi connectivity index (χ1v) is 4.67. The molecule has 0 aromatic heterocycles. The number of aryl methyl sites for hydroxylation is 1. The van der Waals surface area contributed by atoms with Crippen LogP contribution in [0.4, 0.5) is 0 Å². The van der Waals surface area contributed by atoms with Gasteiger partial charge in [-0.1, -0.05) is 23.2 Å². The first-order valence-electron chi connectivity index (χ1n) is 3.28. The minimum atomic E-state index is 0.689. The third-order valence-corrected chi connectivity index (χ3v) is 1.98. The van der Waals surface area contributed by atoms with E-state index in [0.717, 1.165) is 17.7 Å². The van der Waals surface area contributed by atoms with Crippen molar-refractivity contribution in [3.8, 4) is 0 Å². The number of thiol groups is 1. The second-order valence-corrected chi connectivity index (χ2v) is 3.57. The Hall–Kier alpha value is 0.150. The van der Waals surface area contributed by atoms with Crippen LogP contribution in [0, 0.1) is 0 Å². The molecule has 0 unspecified atom stereocenters. The van der Waals surface area contributed by atoms with Crippen LogP contribution >= 0.6 is 35.8 Å². The molecule has 0 amide bonds. The van der Waals surface area contributed by atoms with Crippen LogP contribution in [0.5, 0.6) is 0 Å². The van der Waals surface area contributed by atoms with Gasteiger partial charge in [0.05, 0.1) is 0 Å². The van der Waals surface area contributed by atoms with E-state index in [1.807, 2.05) is 12.1 Å². The zero-order valence-electron chi connectivity index (χ0n) is 5.85. The van der Waals surface area contributed by atoms with E-state index >= 15 is 0 Å². The van der Waals surface area contributed by atoms with Gasteiger partial charge in [0, 0.05) is 10.0 Å². The van der Waals surface area contributed by atoms with Crippen LogP contribution in [0.25, 0.3) is 0 Å². The van der Waals surface area contributed by atoms with E-state index in [-0.39, 0.29) is 0 Å². The van der Waals surface area contributed by atoms with Crippen LogP contribution in [0.15, 0.2) is 18.2 Å². The fourth-order valence-electron chi connectivity index (χ4n) is 0.884. The molecule has 0 spiro atoms. The van der Waals surface area contributed by atoms with Gasteiger partial charge < -0.3 is 0 Å². The van der Waals surface area contributed by atoms with Crippen molar-refractivity contribution >= 4 is 35.8 Å². The fraction of sp³-hybridized carbons (Fsp3) is 0.250. The maximum absolute atomic E-state index is 5.78. The zero-order valence-corrected chi connectivity index (χ0v) is 8.26. The number of rotatable bonds is 2. The molecule has 0 saturated heterocycles. The van der Waals surface area contributed by atoms with Gasteiger partial charge in [-0.15, -0.1) is 0 Å². The van der Waals surface area contributed by atoms with Gasteiger partial charge in [0.1, 0.15) is 0 Å². The molecule has 0 nitrogen and oxygen atoms in total. The number of hydrogen-bond donors (Lipinski definition) is 1. The first kappa shape index (κ1) is 9.24. The second kappa shape index (κ2) is 4.24.